The number of amides is 1. The number of hydrogen-bond donors (Lipinski definition) is 2. The lowest BCUT2D eigenvalue weighted by molar-refractivity contribution is -0.114. The zero-order valence-electron chi connectivity index (χ0n) is 15.7. The Bertz CT molecular complexity index is 958. The van der Waals surface area contributed by atoms with Crippen molar-refractivity contribution in [3.63, 3.8) is 0 Å². The third kappa shape index (κ3) is 4.73. The van der Waals surface area contributed by atoms with Gasteiger partial charge in [0.2, 0.25) is 5.91 Å². The molecular weight excluding hydrogens is 388 g/mol. The van der Waals surface area contributed by atoms with Crippen LogP contribution in [-0.2, 0) is 27.7 Å². The number of carbonyl (C=O) groups excluding carboxylic acids is 1. The van der Waals surface area contributed by atoms with Crippen molar-refractivity contribution in [2.24, 2.45) is 0 Å². The van der Waals surface area contributed by atoms with Crippen LogP contribution in [0.4, 0.5) is 11.4 Å². The van der Waals surface area contributed by atoms with Crippen LogP contribution in [0.3, 0.4) is 0 Å². The van der Waals surface area contributed by atoms with Crippen LogP contribution in [0.2, 0.25) is 5.02 Å². The van der Waals surface area contributed by atoms with Crippen LogP contribution in [0.15, 0.2) is 35.2 Å². The lowest BCUT2D eigenvalue weighted by Crippen LogP contribution is -2.16. The van der Waals surface area contributed by atoms with Gasteiger partial charge >= 0.3 is 0 Å². The van der Waals surface area contributed by atoms with E-state index >= 15 is 0 Å². The summed E-state index contributed by atoms with van der Waals surface area (Å²) >= 11 is 6.26. The van der Waals surface area contributed by atoms with E-state index < -0.39 is 10.0 Å². The van der Waals surface area contributed by atoms with Crippen LogP contribution in [0, 0.1) is 0 Å². The minimum absolute atomic E-state index is 0.0255. The van der Waals surface area contributed by atoms with Gasteiger partial charge in [0.1, 0.15) is 5.75 Å². The van der Waals surface area contributed by atoms with E-state index in [4.69, 9.17) is 16.3 Å². The molecule has 0 fully saturated rings. The normalized spacial score (nSPS) is 11.1. The molecule has 0 unspecified atom stereocenters. The molecule has 27 heavy (non-hydrogen) atoms. The van der Waals surface area contributed by atoms with Gasteiger partial charge in [-0.3, -0.25) is 9.52 Å². The molecule has 146 valence electrons. The number of benzene rings is 2. The van der Waals surface area contributed by atoms with Crippen LogP contribution in [0.25, 0.3) is 0 Å². The molecule has 0 aromatic heterocycles. The fourth-order valence-corrected chi connectivity index (χ4v) is 4.20. The lowest BCUT2D eigenvalue weighted by Gasteiger charge is -2.18. The predicted molar refractivity (Wildman–Crippen MR) is 108 cm³/mol. The van der Waals surface area contributed by atoms with Crippen LogP contribution >= 0.6 is 11.6 Å². The van der Waals surface area contributed by atoms with Gasteiger partial charge in [0.15, 0.2) is 0 Å². The fourth-order valence-electron chi connectivity index (χ4n) is 2.76. The highest BCUT2D eigenvalue weighted by Gasteiger charge is 2.21. The van der Waals surface area contributed by atoms with E-state index in [2.05, 4.69) is 10.0 Å². The topological polar surface area (TPSA) is 84.5 Å². The first-order chi connectivity index (χ1) is 12.7. The summed E-state index contributed by atoms with van der Waals surface area (Å²) in [6.07, 6.45) is 1.25. The monoisotopic (exact) mass is 410 g/mol. The van der Waals surface area contributed by atoms with Gasteiger partial charge in [0, 0.05) is 18.0 Å². The molecule has 0 saturated heterocycles. The lowest BCUT2D eigenvalue weighted by atomic mass is 10.0. The van der Waals surface area contributed by atoms with Crippen molar-refractivity contribution < 1.29 is 17.9 Å². The van der Waals surface area contributed by atoms with Gasteiger partial charge in [-0.2, -0.15) is 0 Å². The number of methoxy groups -OCH3 is 1. The van der Waals surface area contributed by atoms with Crippen molar-refractivity contribution in [2.75, 3.05) is 17.1 Å². The first kappa shape index (κ1) is 21.1. The van der Waals surface area contributed by atoms with Crippen molar-refractivity contribution >= 4 is 38.9 Å². The van der Waals surface area contributed by atoms with Gasteiger partial charge in [-0.15, -0.1) is 0 Å². The van der Waals surface area contributed by atoms with Gasteiger partial charge in [0.05, 0.1) is 23.4 Å². The molecule has 6 nitrogen and oxygen atoms in total. The maximum atomic E-state index is 13.0. The Balaban J connectivity index is 2.49. The molecule has 8 heteroatoms. The molecule has 2 aromatic carbocycles. The van der Waals surface area contributed by atoms with Gasteiger partial charge in [0.25, 0.3) is 10.0 Å². The summed E-state index contributed by atoms with van der Waals surface area (Å²) in [6.45, 7) is 5.23. The molecule has 1 amide bonds. The number of carbonyl (C=O) groups is 1. The maximum absolute atomic E-state index is 13.0. The predicted octanol–water partition coefficient (Wildman–Crippen LogP) is 4.23. The van der Waals surface area contributed by atoms with E-state index in [0.717, 1.165) is 11.1 Å². The first-order valence-electron chi connectivity index (χ1n) is 8.52. The summed E-state index contributed by atoms with van der Waals surface area (Å²) in [5.41, 5.74) is 2.52. The zero-order chi connectivity index (χ0) is 20.2. The largest absolute Gasteiger partial charge is 0.495 e. The second-order valence-electron chi connectivity index (χ2n) is 5.92. The Morgan fingerprint density at radius 3 is 2.41 bits per heavy atom. The Kier molecular flexibility index (Phi) is 6.73. The maximum Gasteiger partial charge on any atom is 0.262 e. The zero-order valence-corrected chi connectivity index (χ0v) is 17.3. The number of hydrogen-bond acceptors (Lipinski definition) is 4. The second kappa shape index (κ2) is 8.63. The summed E-state index contributed by atoms with van der Waals surface area (Å²) in [5, 5.41) is 3.12. The molecular formula is C19H23ClN2O4S. The molecule has 0 aliphatic rings. The minimum atomic E-state index is -3.87. The molecule has 0 spiro atoms. The summed E-state index contributed by atoms with van der Waals surface area (Å²) in [5.74, 6) is -0.0215. The molecule has 0 bridgehead atoms. The van der Waals surface area contributed by atoms with Crippen molar-refractivity contribution in [3.05, 3.63) is 46.5 Å². The Labute approximate surface area is 164 Å². The smallest absolute Gasteiger partial charge is 0.262 e. The van der Waals surface area contributed by atoms with Crippen LogP contribution in [0.1, 0.15) is 31.9 Å². The third-order valence-corrected chi connectivity index (χ3v) is 5.81. The number of rotatable bonds is 7. The minimum Gasteiger partial charge on any atom is -0.495 e. The molecule has 2 rings (SSSR count). The average Bonchev–Trinajstić information content (AvgIpc) is 2.61. The summed E-state index contributed by atoms with van der Waals surface area (Å²) in [4.78, 5) is 11.3. The SMILES string of the molecule is CCc1ccc(Cl)c(CC)c1NS(=O)(=O)c1ccc(NC(C)=O)c(OC)c1. The number of nitrogens with one attached hydrogen (secondary N) is 2. The van der Waals surface area contributed by atoms with Crippen LogP contribution in [0.5, 0.6) is 5.75 Å². The number of ether oxygens (including phenoxy) is 1. The third-order valence-electron chi connectivity index (χ3n) is 4.11. The summed E-state index contributed by atoms with van der Waals surface area (Å²) < 4.78 is 33.8. The molecule has 0 aliphatic heterocycles. The van der Waals surface area contributed by atoms with E-state index in [1.807, 2.05) is 19.9 Å². The Morgan fingerprint density at radius 1 is 1.15 bits per heavy atom. The van der Waals surface area contributed by atoms with E-state index in [1.54, 1.807) is 6.07 Å². The number of halogens is 1. The van der Waals surface area contributed by atoms with E-state index in [1.165, 1.54) is 32.2 Å². The number of anilines is 2. The number of aryl methyl sites for hydroxylation is 1. The van der Waals surface area contributed by atoms with E-state index in [0.29, 0.717) is 29.2 Å². The fraction of sp³-hybridized carbons (Fsp3) is 0.316. The van der Waals surface area contributed by atoms with Gasteiger partial charge in [-0.05, 0) is 42.2 Å². The highest BCUT2D eigenvalue weighted by Crippen LogP contribution is 2.33. The van der Waals surface area contributed by atoms with E-state index in [-0.39, 0.29) is 16.6 Å². The number of sulfonamides is 1. The average molecular weight is 411 g/mol. The summed E-state index contributed by atoms with van der Waals surface area (Å²) in [6, 6.07) is 7.88. The molecule has 0 atom stereocenters. The molecule has 2 aromatic rings. The first-order valence-corrected chi connectivity index (χ1v) is 10.4. The van der Waals surface area contributed by atoms with Crippen molar-refractivity contribution in [1.82, 2.24) is 0 Å². The summed E-state index contributed by atoms with van der Waals surface area (Å²) in [7, 11) is -2.47. The Morgan fingerprint density at radius 2 is 1.85 bits per heavy atom. The van der Waals surface area contributed by atoms with Gasteiger partial charge < -0.3 is 10.1 Å². The molecule has 2 N–H and O–H groups in total. The molecule has 0 heterocycles. The van der Waals surface area contributed by atoms with Crippen molar-refractivity contribution in [3.8, 4) is 5.75 Å². The Hall–Kier alpha value is -2.25. The van der Waals surface area contributed by atoms with Crippen molar-refractivity contribution in [2.45, 2.75) is 38.5 Å². The molecule has 0 aliphatic carbocycles. The molecule has 0 saturated carbocycles. The van der Waals surface area contributed by atoms with Crippen molar-refractivity contribution in [1.29, 1.82) is 0 Å². The molecule has 0 radical (unpaired) electrons. The standard InChI is InChI=1S/C19H23ClN2O4S/c1-5-13-7-9-16(20)15(6-2)19(13)22-27(24,25)14-8-10-17(21-12(3)23)18(11-14)26-4/h7-11,22H,5-6H2,1-4H3,(H,21,23). The van der Waals surface area contributed by atoms with Crippen LogP contribution < -0.4 is 14.8 Å². The van der Waals surface area contributed by atoms with E-state index in [9.17, 15) is 13.2 Å². The van der Waals surface area contributed by atoms with Crippen LogP contribution in [-0.4, -0.2) is 21.4 Å². The highest BCUT2D eigenvalue weighted by atomic mass is 35.5. The van der Waals surface area contributed by atoms with Gasteiger partial charge in [-0.25, -0.2) is 8.42 Å². The quantitative estimate of drug-likeness (QED) is 0.715. The van der Waals surface area contributed by atoms with Gasteiger partial charge in [-0.1, -0.05) is 31.5 Å². The second-order valence-corrected chi connectivity index (χ2v) is 8.01. The highest BCUT2D eigenvalue weighted by molar-refractivity contribution is 7.92.